The van der Waals surface area contributed by atoms with Gasteiger partial charge in [-0.3, -0.25) is 0 Å². The summed E-state index contributed by atoms with van der Waals surface area (Å²) in [5.74, 6) is -0.245. The molecule has 0 spiro atoms. The van der Waals surface area contributed by atoms with Crippen molar-refractivity contribution in [2.75, 3.05) is 20.3 Å². The lowest BCUT2D eigenvalue weighted by Crippen LogP contribution is -2.17. The van der Waals surface area contributed by atoms with Crippen LogP contribution in [0.4, 0.5) is 4.39 Å². The maximum Gasteiger partial charge on any atom is 0.128 e. The summed E-state index contributed by atoms with van der Waals surface area (Å²) in [6, 6.07) is 16.6. The van der Waals surface area contributed by atoms with Crippen LogP contribution in [-0.4, -0.2) is 35.3 Å². The monoisotopic (exact) mass is 354 g/mol. The second kappa shape index (κ2) is 9.22. The van der Waals surface area contributed by atoms with Gasteiger partial charge in [-0.1, -0.05) is 48.5 Å². The second-order valence-corrected chi connectivity index (χ2v) is 6.01. The standard InChI is InChI=1S/C20H23FN4O/c1-26-13-7-12-22-14-19-20(16-8-3-2-4-9-16)24-25(23-19)15-17-10-5-6-11-18(17)21/h2-6,8-11,22H,7,12-15H2,1H3. The van der Waals surface area contributed by atoms with E-state index in [1.54, 1.807) is 24.0 Å². The summed E-state index contributed by atoms with van der Waals surface area (Å²) in [6.07, 6.45) is 0.931. The maximum atomic E-state index is 13.9. The Labute approximate surface area is 152 Å². The van der Waals surface area contributed by atoms with E-state index in [9.17, 15) is 4.39 Å². The molecule has 0 saturated heterocycles. The van der Waals surface area contributed by atoms with Crippen LogP contribution in [0.25, 0.3) is 11.3 Å². The number of halogens is 1. The van der Waals surface area contributed by atoms with E-state index in [1.807, 2.05) is 36.4 Å². The Balaban J connectivity index is 1.79. The van der Waals surface area contributed by atoms with Gasteiger partial charge in [-0.25, -0.2) is 4.39 Å². The quantitative estimate of drug-likeness (QED) is 0.599. The molecule has 1 heterocycles. The van der Waals surface area contributed by atoms with Gasteiger partial charge in [-0.05, 0) is 19.0 Å². The van der Waals surface area contributed by atoms with Crippen molar-refractivity contribution in [2.24, 2.45) is 0 Å². The zero-order valence-corrected chi connectivity index (χ0v) is 14.9. The van der Waals surface area contributed by atoms with Crippen LogP contribution in [0.15, 0.2) is 54.6 Å². The molecule has 0 bridgehead atoms. The minimum absolute atomic E-state index is 0.245. The number of aromatic nitrogens is 3. The molecule has 0 aliphatic rings. The molecule has 0 saturated carbocycles. The molecule has 1 aromatic heterocycles. The normalized spacial score (nSPS) is 11.0. The smallest absolute Gasteiger partial charge is 0.128 e. The van der Waals surface area contributed by atoms with Crippen LogP contribution in [-0.2, 0) is 17.8 Å². The fourth-order valence-electron chi connectivity index (χ4n) is 2.72. The minimum Gasteiger partial charge on any atom is -0.385 e. The van der Waals surface area contributed by atoms with Crippen molar-refractivity contribution in [3.8, 4) is 11.3 Å². The first-order chi connectivity index (χ1) is 12.8. The first kappa shape index (κ1) is 18.2. The predicted molar refractivity (Wildman–Crippen MR) is 99.2 cm³/mol. The van der Waals surface area contributed by atoms with Crippen LogP contribution in [0.5, 0.6) is 0 Å². The third-order valence-corrected chi connectivity index (χ3v) is 4.04. The Morgan fingerprint density at radius 3 is 2.58 bits per heavy atom. The van der Waals surface area contributed by atoms with Crippen LogP contribution < -0.4 is 5.32 Å². The van der Waals surface area contributed by atoms with Gasteiger partial charge >= 0.3 is 0 Å². The predicted octanol–water partition coefficient (Wildman–Crippen LogP) is 3.26. The van der Waals surface area contributed by atoms with Gasteiger partial charge in [-0.15, -0.1) is 0 Å². The van der Waals surface area contributed by atoms with Crippen LogP contribution in [0.2, 0.25) is 0 Å². The maximum absolute atomic E-state index is 13.9. The molecule has 136 valence electrons. The van der Waals surface area contributed by atoms with Crippen molar-refractivity contribution in [1.82, 2.24) is 20.3 Å². The van der Waals surface area contributed by atoms with Crippen LogP contribution in [0.1, 0.15) is 17.7 Å². The summed E-state index contributed by atoms with van der Waals surface area (Å²) < 4.78 is 19.0. The van der Waals surface area contributed by atoms with Gasteiger partial charge in [0.25, 0.3) is 0 Å². The summed E-state index contributed by atoms with van der Waals surface area (Å²) in [4.78, 5) is 1.56. The van der Waals surface area contributed by atoms with E-state index in [0.29, 0.717) is 18.7 Å². The van der Waals surface area contributed by atoms with Gasteiger partial charge in [0.05, 0.1) is 6.54 Å². The van der Waals surface area contributed by atoms with Gasteiger partial charge in [0, 0.05) is 31.4 Å². The Hall–Kier alpha value is -2.57. The molecule has 6 heteroatoms. The van der Waals surface area contributed by atoms with Gasteiger partial charge in [0.1, 0.15) is 17.2 Å². The van der Waals surface area contributed by atoms with E-state index >= 15 is 0 Å². The van der Waals surface area contributed by atoms with Crippen molar-refractivity contribution in [3.05, 3.63) is 71.7 Å². The van der Waals surface area contributed by atoms with E-state index < -0.39 is 0 Å². The van der Waals surface area contributed by atoms with E-state index in [2.05, 4.69) is 15.5 Å². The molecule has 0 fully saturated rings. The average Bonchev–Trinajstić information content (AvgIpc) is 3.07. The summed E-state index contributed by atoms with van der Waals surface area (Å²) in [5.41, 5.74) is 3.24. The highest BCUT2D eigenvalue weighted by Crippen LogP contribution is 2.20. The number of methoxy groups -OCH3 is 1. The molecule has 26 heavy (non-hydrogen) atoms. The second-order valence-electron chi connectivity index (χ2n) is 6.01. The molecule has 0 radical (unpaired) electrons. The number of benzene rings is 2. The number of nitrogens with one attached hydrogen (secondary N) is 1. The van der Waals surface area contributed by atoms with E-state index in [4.69, 9.17) is 4.74 Å². The first-order valence-corrected chi connectivity index (χ1v) is 8.70. The highest BCUT2D eigenvalue weighted by atomic mass is 19.1. The van der Waals surface area contributed by atoms with Crippen LogP contribution in [0.3, 0.4) is 0 Å². The van der Waals surface area contributed by atoms with Crippen molar-refractivity contribution >= 4 is 0 Å². The van der Waals surface area contributed by atoms with Gasteiger partial charge in [-0.2, -0.15) is 15.0 Å². The number of hydrogen-bond donors (Lipinski definition) is 1. The number of ether oxygens (including phenoxy) is 1. The van der Waals surface area contributed by atoms with Gasteiger partial charge in [0.2, 0.25) is 0 Å². The summed E-state index contributed by atoms with van der Waals surface area (Å²) >= 11 is 0. The molecule has 0 aliphatic heterocycles. The first-order valence-electron chi connectivity index (χ1n) is 8.70. The SMILES string of the molecule is COCCCNCc1nn(Cc2ccccc2F)nc1-c1ccccc1. The van der Waals surface area contributed by atoms with Gasteiger partial charge < -0.3 is 10.1 Å². The molecule has 0 unspecified atom stereocenters. The number of hydrogen-bond acceptors (Lipinski definition) is 4. The fraction of sp³-hybridized carbons (Fsp3) is 0.300. The molecular formula is C20H23FN4O. The third-order valence-electron chi connectivity index (χ3n) is 4.04. The van der Waals surface area contributed by atoms with Crippen LogP contribution in [0, 0.1) is 5.82 Å². The van der Waals surface area contributed by atoms with E-state index in [0.717, 1.165) is 36.5 Å². The molecule has 0 atom stereocenters. The summed E-state index contributed by atoms with van der Waals surface area (Å²) in [5, 5.41) is 12.6. The number of rotatable bonds is 9. The Morgan fingerprint density at radius 2 is 1.81 bits per heavy atom. The van der Waals surface area contributed by atoms with Crippen molar-refractivity contribution in [3.63, 3.8) is 0 Å². The lowest BCUT2D eigenvalue weighted by molar-refractivity contribution is 0.194. The largest absolute Gasteiger partial charge is 0.385 e. The van der Waals surface area contributed by atoms with Crippen molar-refractivity contribution in [1.29, 1.82) is 0 Å². The molecule has 3 aromatic rings. The minimum atomic E-state index is -0.245. The van der Waals surface area contributed by atoms with Crippen LogP contribution >= 0.6 is 0 Å². The zero-order chi connectivity index (χ0) is 18.2. The molecule has 2 aromatic carbocycles. The molecule has 1 N–H and O–H groups in total. The fourth-order valence-corrected chi connectivity index (χ4v) is 2.72. The lowest BCUT2D eigenvalue weighted by Gasteiger charge is -2.03. The highest BCUT2D eigenvalue weighted by molar-refractivity contribution is 5.60. The molecule has 5 nitrogen and oxygen atoms in total. The average molecular weight is 354 g/mol. The molecule has 3 rings (SSSR count). The zero-order valence-electron chi connectivity index (χ0n) is 14.9. The van der Waals surface area contributed by atoms with E-state index in [-0.39, 0.29) is 5.82 Å². The highest BCUT2D eigenvalue weighted by Gasteiger charge is 2.14. The lowest BCUT2D eigenvalue weighted by atomic mass is 10.1. The van der Waals surface area contributed by atoms with Crippen molar-refractivity contribution < 1.29 is 9.13 Å². The Morgan fingerprint density at radius 1 is 1.04 bits per heavy atom. The molecular weight excluding hydrogens is 331 g/mol. The molecule has 0 amide bonds. The topological polar surface area (TPSA) is 52.0 Å². The third kappa shape index (κ3) is 4.74. The summed E-state index contributed by atoms with van der Waals surface area (Å²) in [7, 11) is 1.70. The van der Waals surface area contributed by atoms with Gasteiger partial charge in [0.15, 0.2) is 0 Å². The van der Waals surface area contributed by atoms with E-state index in [1.165, 1.54) is 6.07 Å². The Bertz CT molecular complexity index is 820. The van der Waals surface area contributed by atoms with Crippen molar-refractivity contribution in [2.45, 2.75) is 19.5 Å². The number of nitrogens with zero attached hydrogens (tertiary/aromatic N) is 3. The summed E-state index contributed by atoms with van der Waals surface area (Å²) in [6.45, 7) is 2.46. The Kier molecular flexibility index (Phi) is 6.46. The molecule has 0 aliphatic carbocycles.